The molecule has 0 amide bonds. The Labute approximate surface area is 101 Å². The van der Waals surface area contributed by atoms with Crippen molar-refractivity contribution in [2.75, 3.05) is 0 Å². The Kier molecular flexibility index (Phi) is 3.67. The third-order valence-corrected chi connectivity index (χ3v) is 4.30. The van der Waals surface area contributed by atoms with E-state index in [9.17, 15) is 13.2 Å². The smallest absolute Gasteiger partial charge is 0.324 e. The van der Waals surface area contributed by atoms with Gasteiger partial charge in [-0.05, 0) is 25.7 Å². The second kappa shape index (κ2) is 4.89. The summed E-state index contributed by atoms with van der Waals surface area (Å²) in [5, 5.41) is 9.49. The molecule has 2 N–H and O–H groups in total. The molecular weight excluding hydrogens is 251 g/mol. The van der Waals surface area contributed by atoms with Gasteiger partial charge in [0.15, 0.2) is 0 Å². The summed E-state index contributed by atoms with van der Waals surface area (Å²) in [4.78, 5) is 0. The summed E-state index contributed by atoms with van der Waals surface area (Å²) in [6.45, 7) is 0.343. The molecule has 0 radical (unpaired) electrons. The lowest BCUT2D eigenvalue weighted by molar-refractivity contribution is -0.182. The lowest BCUT2D eigenvalue weighted by Gasteiger charge is -2.28. The summed E-state index contributed by atoms with van der Waals surface area (Å²) in [6, 6.07) is 0. The van der Waals surface area contributed by atoms with Crippen LogP contribution in [-0.4, -0.2) is 16.4 Å². The molecule has 0 spiro atoms. The maximum absolute atomic E-state index is 12.5. The molecule has 1 aromatic heterocycles. The fraction of sp³-hybridized carbons (Fsp3) is 0.800. The molecule has 17 heavy (non-hydrogen) atoms. The third kappa shape index (κ3) is 2.95. The number of nitrogens with two attached hydrogens (primary N) is 1. The van der Waals surface area contributed by atoms with Crippen molar-refractivity contribution >= 4 is 11.3 Å². The summed E-state index contributed by atoms with van der Waals surface area (Å²) in [5.41, 5.74) is 5.43. The Hall–Kier alpha value is -0.690. The number of rotatable bonds is 2. The predicted octanol–water partition coefficient (Wildman–Crippen LogP) is 2.83. The number of hydrogen-bond donors (Lipinski definition) is 1. The number of alkyl halides is 3. The summed E-state index contributed by atoms with van der Waals surface area (Å²) < 4.78 is 37.5. The highest BCUT2D eigenvalue weighted by molar-refractivity contribution is 7.11. The van der Waals surface area contributed by atoms with E-state index in [2.05, 4.69) is 10.2 Å². The topological polar surface area (TPSA) is 51.8 Å². The molecule has 7 heteroatoms. The minimum absolute atomic E-state index is 0.131. The van der Waals surface area contributed by atoms with Gasteiger partial charge in [0.1, 0.15) is 10.0 Å². The summed E-state index contributed by atoms with van der Waals surface area (Å²) in [6.07, 6.45) is -2.56. The molecule has 1 aliphatic rings. The van der Waals surface area contributed by atoms with Gasteiger partial charge in [-0.2, -0.15) is 13.2 Å². The Morgan fingerprint density at radius 2 is 1.82 bits per heavy atom. The van der Waals surface area contributed by atoms with E-state index in [1.807, 2.05) is 0 Å². The highest BCUT2D eigenvalue weighted by Crippen LogP contribution is 2.43. The maximum atomic E-state index is 12.5. The van der Waals surface area contributed by atoms with E-state index in [4.69, 9.17) is 5.73 Å². The van der Waals surface area contributed by atoms with Crippen LogP contribution in [0.2, 0.25) is 0 Å². The summed E-state index contributed by atoms with van der Waals surface area (Å²) in [5.74, 6) is -1.01. The van der Waals surface area contributed by atoms with Crippen LogP contribution in [0.15, 0.2) is 0 Å². The average molecular weight is 265 g/mol. The van der Waals surface area contributed by atoms with Crippen LogP contribution in [0.5, 0.6) is 0 Å². The normalized spacial score (nSPS) is 26.1. The second-order valence-electron chi connectivity index (χ2n) is 4.33. The molecule has 0 unspecified atom stereocenters. The molecule has 1 heterocycles. The largest absolute Gasteiger partial charge is 0.391 e. The lowest BCUT2D eigenvalue weighted by Crippen LogP contribution is -2.27. The molecule has 0 aromatic carbocycles. The lowest BCUT2D eigenvalue weighted by atomic mass is 9.82. The van der Waals surface area contributed by atoms with Crippen LogP contribution in [0, 0.1) is 5.92 Å². The van der Waals surface area contributed by atoms with Crippen molar-refractivity contribution in [2.45, 2.75) is 44.3 Å². The molecule has 0 saturated heterocycles. The van der Waals surface area contributed by atoms with Crippen molar-refractivity contribution in [2.24, 2.45) is 11.7 Å². The molecule has 0 atom stereocenters. The van der Waals surface area contributed by atoms with E-state index in [0.29, 0.717) is 19.4 Å². The molecule has 96 valence electrons. The minimum Gasteiger partial charge on any atom is -0.324 e. The van der Waals surface area contributed by atoms with Crippen LogP contribution in [0.1, 0.15) is 41.6 Å². The Morgan fingerprint density at radius 3 is 2.29 bits per heavy atom. The fourth-order valence-corrected chi connectivity index (χ4v) is 3.07. The van der Waals surface area contributed by atoms with Crippen LogP contribution in [0.25, 0.3) is 0 Å². The van der Waals surface area contributed by atoms with Crippen LogP contribution in [-0.2, 0) is 6.54 Å². The van der Waals surface area contributed by atoms with Crippen LogP contribution in [0.3, 0.4) is 0 Å². The van der Waals surface area contributed by atoms with Crippen LogP contribution in [0.4, 0.5) is 13.2 Å². The van der Waals surface area contributed by atoms with E-state index in [-0.39, 0.29) is 18.8 Å². The number of aromatic nitrogens is 2. The van der Waals surface area contributed by atoms with E-state index in [0.717, 1.165) is 10.0 Å². The first kappa shape index (κ1) is 12.8. The predicted molar refractivity (Wildman–Crippen MR) is 58.6 cm³/mol. The number of nitrogens with zero attached hydrogens (tertiary/aromatic N) is 2. The molecular formula is C10H14F3N3S. The fourth-order valence-electron chi connectivity index (χ4n) is 2.18. The van der Waals surface area contributed by atoms with Gasteiger partial charge in [0.2, 0.25) is 0 Å². The highest BCUT2D eigenvalue weighted by Gasteiger charge is 2.41. The zero-order valence-corrected chi connectivity index (χ0v) is 10.0. The van der Waals surface area contributed by atoms with Gasteiger partial charge in [-0.25, -0.2) is 0 Å². The first-order chi connectivity index (χ1) is 8.00. The third-order valence-electron chi connectivity index (χ3n) is 3.20. The zero-order valence-electron chi connectivity index (χ0n) is 9.20. The molecule has 0 bridgehead atoms. The van der Waals surface area contributed by atoms with Crippen LogP contribution < -0.4 is 5.73 Å². The van der Waals surface area contributed by atoms with E-state index in [1.54, 1.807) is 0 Å². The standard InChI is InChI=1S/C10H14F3N3S/c11-10(12,13)7-3-1-6(2-4-7)9-16-15-8(5-14)17-9/h6-7H,1-5,14H2. The van der Waals surface area contributed by atoms with Crippen molar-refractivity contribution < 1.29 is 13.2 Å². The molecule has 3 nitrogen and oxygen atoms in total. The SMILES string of the molecule is NCc1nnc(C2CCC(C(F)(F)F)CC2)s1. The molecule has 1 aliphatic carbocycles. The minimum atomic E-state index is -4.05. The molecule has 1 fully saturated rings. The van der Waals surface area contributed by atoms with Gasteiger partial charge in [0.25, 0.3) is 0 Å². The van der Waals surface area contributed by atoms with E-state index in [1.165, 1.54) is 11.3 Å². The van der Waals surface area contributed by atoms with Gasteiger partial charge in [0.05, 0.1) is 5.92 Å². The quantitative estimate of drug-likeness (QED) is 0.894. The Morgan fingerprint density at radius 1 is 1.18 bits per heavy atom. The molecule has 1 saturated carbocycles. The average Bonchev–Trinajstić information content (AvgIpc) is 2.76. The first-order valence-corrected chi connectivity index (χ1v) is 6.41. The van der Waals surface area contributed by atoms with Crippen molar-refractivity contribution in [3.8, 4) is 0 Å². The van der Waals surface area contributed by atoms with Gasteiger partial charge in [0, 0.05) is 12.5 Å². The van der Waals surface area contributed by atoms with Gasteiger partial charge in [-0.3, -0.25) is 0 Å². The maximum Gasteiger partial charge on any atom is 0.391 e. The highest BCUT2D eigenvalue weighted by atomic mass is 32.1. The van der Waals surface area contributed by atoms with Gasteiger partial charge >= 0.3 is 6.18 Å². The molecule has 0 aliphatic heterocycles. The van der Waals surface area contributed by atoms with Gasteiger partial charge < -0.3 is 5.73 Å². The van der Waals surface area contributed by atoms with Crippen molar-refractivity contribution in [3.63, 3.8) is 0 Å². The van der Waals surface area contributed by atoms with E-state index >= 15 is 0 Å². The van der Waals surface area contributed by atoms with Crippen molar-refractivity contribution in [1.82, 2.24) is 10.2 Å². The van der Waals surface area contributed by atoms with Crippen LogP contribution >= 0.6 is 11.3 Å². The summed E-state index contributed by atoms with van der Waals surface area (Å²) >= 11 is 1.42. The number of halogens is 3. The summed E-state index contributed by atoms with van der Waals surface area (Å²) in [7, 11) is 0. The number of hydrogen-bond acceptors (Lipinski definition) is 4. The first-order valence-electron chi connectivity index (χ1n) is 5.59. The second-order valence-corrected chi connectivity index (χ2v) is 5.42. The van der Waals surface area contributed by atoms with E-state index < -0.39 is 12.1 Å². The van der Waals surface area contributed by atoms with Gasteiger partial charge in [-0.1, -0.05) is 11.3 Å². The Bertz CT molecular complexity index is 369. The van der Waals surface area contributed by atoms with Crippen molar-refractivity contribution in [3.05, 3.63) is 10.0 Å². The van der Waals surface area contributed by atoms with Gasteiger partial charge in [-0.15, -0.1) is 10.2 Å². The van der Waals surface area contributed by atoms with Crippen molar-refractivity contribution in [1.29, 1.82) is 0 Å². The monoisotopic (exact) mass is 265 g/mol. The molecule has 2 rings (SSSR count). The zero-order chi connectivity index (χ0) is 12.5. The Balaban J connectivity index is 1.95. The molecule has 1 aromatic rings.